The molecular weight excluding hydrogens is 350 g/mol. The predicted octanol–water partition coefficient (Wildman–Crippen LogP) is 4.16. The Bertz CT molecular complexity index is 926. The van der Waals surface area contributed by atoms with Gasteiger partial charge in [-0.05, 0) is 70.2 Å². The Morgan fingerprint density at radius 3 is 2.61 bits per heavy atom. The summed E-state index contributed by atoms with van der Waals surface area (Å²) >= 11 is 0. The first kappa shape index (κ1) is 18.7. The molecule has 0 saturated heterocycles. The van der Waals surface area contributed by atoms with E-state index in [1.165, 1.54) is 0 Å². The van der Waals surface area contributed by atoms with Gasteiger partial charge in [0.2, 0.25) is 5.91 Å². The molecule has 28 heavy (non-hydrogen) atoms. The van der Waals surface area contributed by atoms with Crippen molar-refractivity contribution in [2.45, 2.75) is 57.9 Å². The van der Waals surface area contributed by atoms with Crippen LogP contribution in [-0.4, -0.2) is 22.3 Å². The Hall–Kier alpha value is -2.69. The van der Waals surface area contributed by atoms with Crippen molar-refractivity contribution in [2.75, 3.05) is 5.32 Å². The van der Waals surface area contributed by atoms with Crippen molar-refractivity contribution in [1.82, 2.24) is 10.3 Å². The van der Waals surface area contributed by atoms with Gasteiger partial charge in [-0.2, -0.15) is 0 Å². The predicted molar refractivity (Wildman–Crippen MR) is 109 cm³/mol. The quantitative estimate of drug-likeness (QED) is 0.840. The van der Waals surface area contributed by atoms with Gasteiger partial charge in [0.15, 0.2) is 0 Å². The molecule has 2 amide bonds. The summed E-state index contributed by atoms with van der Waals surface area (Å²) in [5.41, 5.74) is 1.94. The molecule has 1 aromatic heterocycles. The minimum Gasteiger partial charge on any atom is -0.347 e. The molecular formula is C23H27N3O2. The van der Waals surface area contributed by atoms with Gasteiger partial charge in [-0.15, -0.1) is 0 Å². The van der Waals surface area contributed by atoms with Gasteiger partial charge >= 0.3 is 0 Å². The van der Waals surface area contributed by atoms with Gasteiger partial charge in [0.25, 0.3) is 5.91 Å². The highest BCUT2D eigenvalue weighted by molar-refractivity contribution is 5.97. The molecule has 2 aliphatic carbocycles. The highest BCUT2D eigenvalue weighted by atomic mass is 16.2. The average molecular weight is 377 g/mol. The Morgan fingerprint density at radius 2 is 1.82 bits per heavy atom. The number of nitrogens with zero attached hydrogens (tertiary/aromatic N) is 1. The lowest BCUT2D eigenvalue weighted by molar-refractivity contribution is -0.126. The number of anilines is 1. The van der Waals surface area contributed by atoms with Crippen LogP contribution in [0.1, 0.15) is 60.1 Å². The van der Waals surface area contributed by atoms with Gasteiger partial charge in [-0.1, -0.05) is 30.2 Å². The van der Waals surface area contributed by atoms with Gasteiger partial charge in [-0.25, -0.2) is 4.98 Å². The smallest absolute Gasteiger partial charge is 0.251 e. The zero-order valence-corrected chi connectivity index (χ0v) is 16.5. The maximum Gasteiger partial charge on any atom is 0.251 e. The molecule has 1 aromatic carbocycles. The number of hydrogen-bond donors (Lipinski definition) is 2. The van der Waals surface area contributed by atoms with Gasteiger partial charge in [-0.3, -0.25) is 9.59 Å². The van der Waals surface area contributed by atoms with Crippen LogP contribution in [0, 0.1) is 19.3 Å². The zero-order chi connectivity index (χ0) is 19.8. The average Bonchev–Trinajstić information content (AvgIpc) is 2.93. The molecule has 0 radical (unpaired) electrons. The Kier molecular flexibility index (Phi) is 4.69. The molecule has 2 aromatic rings. The molecule has 2 N–H and O–H groups in total. The van der Waals surface area contributed by atoms with E-state index < -0.39 is 5.41 Å². The minimum absolute atomic E-state index is 0.0389. The standard InChI is InChI=1S/C23H27N3O2/c1-16-6-3-8-18(14-16)20(27)26-23-11-5-10-22(15-23,12-13-23)21(28)25-19-9-4-7-17(2)24-19/h3-4,6-9,14H,5,10-13,15H2,1-2H3,(H,26,27)(H,24,25,28). The third-order valence-corrected chi connectivity index (χ3v) is 6.34. The first-order valence-electron chi connectivity index (χ1n) is 10.0. The van der Waals surface area contributed by atoms with E-state index >= 15 is 0 Å². The molecule has 2 aliphatic rings. The van der Waals surface area contributed by atoms with E-state index in [9.17, 15) is 9.59 Å². The lowest BCUT2D eigenvalue weighted by atomic mass is 9.72. The topological polar surface area (TPSA) is 71.1 Å². The number of rotatable bonds is 4. The molecule has 5 heteroatoms. The number of benzene rings is 1. The van der Waals surface area contributed by atoms with Crippen LogP contribution < -0.4 is 10.6 Å². The highest BCUT2D eigenvalue weighted by Gasteiger charge is 2.55. The van der Waals surface area contributed by atoms with Gasteiger partial charge in [0, 0.05) is 16.8 Å². The molecule has 2 saturated carbocycles. The fourth-order valence-electron chi connectivity index (χ4n) is 4.93. The first-order chi connectivity index (χ1) is 13.4. The van der Waals surface area contributed by atoms with E-state index in [2.05, 4.69) is 15.6 Å². The monoisotopic (exact) mass is 377 g/mol. The third-order valence-electron chi connectivity index (χ3n) is 6.34. The van der Waals surface area contributed by atoms with Crippen molar-refractivity contribution in [3.05, 3.63) is 59.3 Å². The van der Waals surface area contributed by atoms with Crippen LogP contribution >= 0.6 is 0 Å². The van der Waals surface area contributed by atoms with E-state index in [0.717, 1.165) is 43.4 Å². The van der Waals surface area contributed by atoms with E-state index in [1.807, 2.05) is 56.3 Å². The lowest BCUT2D eigenvalue weighted by Crippen LogP contribution is -2.50. The fraction of sp³-hybridized carbons (Fsp3) is 0.435. The molecule has 0 aliphatic heterocycles. The molecule has 5 nitrogen and oxygen atoms in total. The van der Waals surface area contributed by atoms with Crippen molar-refractivity contribution in [3.8, 4) is 0 Å². The molecule has 2 bridgehead atoms. The number of pyridine rings is 1. The van der Waals surface area contributed by atoms with E-state index in [0.29, 0.717) is 17.8 Å². The largest absolute Gasteiger partial charge is 0.347 e. The number of carbonyl (C=O) groups is 2. The highest BCUT2D eigenvalue weighted by Crippen LogP contribution is 2.54. The van der Waals surface area contributed by atoms with Crippen LogP contribution in [0.4, 0.5) is 5.82 Å². The second-order valence-corrected chi connectivity index (χ2v) is 8.53. The zero-order valence-electron chi connectivity index (χ0n) is 16.5. The molecule has 2 fully saturated rings. The number of amides is 2. The number of fused-ring (bicyclic) bond motifs is 2. The maximum atomic E-state index is 13.1. The summed E-state index contributed by atoms with van der Waals surface area (Å²) in [5, 5.41) is 6.30. The number of nitrogens with one attached hydrogen (secondary N) is 2. The van der Waals surface area contributed by atoms with Crippen LogP contribution in [0.15, 0.2) is 42.5 Å². The van der Waals surface area contributed by atoms with Gasteiger partial charge in [0.05, 0.1) is 5.41 Å². The summed E-state index contributed by atoms with van der Waals surface area (Å²) in [6.07, 6.45) is 5.10. The van der Waals surface area contributed by atoms with Crippen LogP contribution in [0.25, 0.3) is 0 Å². The van der Waals surface area contributed by atoms with Crippen LogP contribution in [0.3, 0.4) is 0 Å². The molecule has 0 spiro atoms. The van der Waals surface area contributed by atoms with Crippen molar-refractivity contribution < 1.29 is 9.59 Å². The van der Waals surface area contributed by atoms with Crippen molar-refractivity contribution in [3.63, 3.8) is 0 Å². The summed E-state index contributed by atoms with van der Waals surface area (Å²) in [4.78, 5) is 30.4. The Morgan fingerprint density at radius 1 is 1.00 bits per heavy atom. The van der Waals surface area contributed by atoms with E-state index in [1.54, 1.807) is 0 Å². The second kappa shape index (κ2) is 7.04. The van der Waals surface area contributed by atoms with Crippen LogP contribution in [0.2, 0.25) is 0 Å². The number of aromatic nitrogens is 1. The third kappa shape index (κ3) is 3.53. The molecule has 146 valence electrons. The molecule has 2 unspecified atom stereocenters. The lowest BCUT2D eigenvalue weighted by Gasteiger charge is -2.39. The first-order valence-corrected chi connectivity index (χ1v) is 10.0. The van der Waals surface area contributed by atoms with E-state index in [4.69, 9.17) is 0 Å². The number of hydrogen-bond acceptors (Lipinski definition) is 3. The number of carbonyl (C=O) groups excluding carboxylic acids is 2. The van der Waals surface area contributed by atoms with Crippen molar-refractivity contribution >= 4 is 17.6 Å². The van der Waals surface area contributed by atoms with E-state index in [-0.39, 0.29) is 17.4 Å². The minimum atomic E-state index is -0.413. The SMILES string of the molecule is Cc1cccc(C(=O)NC23CCCC(C(=O)Nc4cccc(C)n4)(CC2)C3)c1. The Labute approximate surface area is 165 Å². The van der Waals surface area contributed by atoms with Crippen molar-refractivity contribution in [2.24, 2.45) is 5.41 Å². The summed E-state index contributed by atoms with van der Waals surface area (Å²) in [6, 6.07) is 13.3. The van der Waals surface area contributed by atoms with Gasteiger partial charge in [0.1, 0.15) is 5.82 Å². The maximum absolute atomic E-state index is 13.1. The molecule has 2 atom stereocenters. The van der Waals surface area contributed by atoms with Crippen LogP contribution in [0.5, 0.6) is 0 Å². The molecule has 1 heterocycles. The summed E-state index contributed by atoms with van der Waals surface area (Å²) < 4.78 is 0. The van der Waals surface area contributed by atoms with Gasteiger partial charge < -0.3 is 10.6 Å². The Balaban J connectivity index is 1.49. The summed E-state index contributed by atoms with van der Waals surface area (Å²) in [6.45, 7) is 3.90. The normalized spacial score (nSPS) is 25.9. The van der Waals surface area contributed by atoms with Crippen LogP contribution in [-0.2, 0) is 4.79 Å². The number of aryl methyl sites for hydroxylation is 2. The van der Waals surface area contributed by atoms with Crippen molar-refractivity contribution in [1.29, 1.82) is 0 Å². The summed E-state index contributed by atoms with van der Waals surface area (Å²) in [7, 11) is 0. The molecule has 4 rings (SSSR count). The second-order valence-electron chi connectivity index (χ2n) is 8.53. The fourth-order valence-corrected chi connectivity index (χ4v) is 4.93. The summed E-state index contributed by atoms with van der Waals surface area (Å²) in [5.74, 6) is 0.602.